The fraction of sp³-hybridized carbons (Fsp3) is 0.774. The molecule has 4 aliphatic carbocycles. The van der Waals surface area contributed by atoms with E-state index >= 15 is 0 Å². The smallest absolute Gasteiger partial charge is 0.188 e. The van der Waals surface area contributed by atoms with Gasteiger partial charge >= 0.3 is 0 Å². The van der Waals surface area contributed by atoms with Gasteiger partial charge in [0, 0.05) is 5.92 Å². The van der Waals surface area contributed by atoms with E-state index in [1.807, 2.05) is 6.92 Å². The molecular weight excluding hydrogens is 500 g/mol. The first kappa shape index (κ1) is 27.3. The summed E-state index contributed by atoms with van der Waals surface area (Å²) in [5.74, 6) is 0.176. The molecule has 0 aliphatic heterocycles. The minimum Gasteiger partial charge on any atom is -0.390 e. The van der Waals surface area contributed by atoms with Crippen molar-refractivity contribution < 1.29 is 23.4 Å². The van der Waals surface area contributed by atoms with E-state index in [1.54, 1.807) is 0 Å². The lowest BCUT2D eigenvalue weighted by molar-refractivity contribution is -0.183. The Hall–Kier alpha value is -1.93. The molecule has 1 N–H and O–H groups in total. The number of ether oxygens (including phenoxy) is 1. The van der Waals surface area contributed by atoms with Crippen LogP contribution in [0.15, 0.2) is 12.1 Å². The molecule has 6 rings (SSSR count). The lowest BCUT2D eigenvalue weighted by Gasteiger charge is -2.62. The number of fused-ring (bicyclic) bond motifs is 6. The maximum absolute atomic E-state index is 14.2. The molecule has 6 nitrogen and oxygen atoms in total. The van der Waals surface area contributed by atoms with Gasteiger partial charge in [-0.25, -0.2) is 13.5 Å². The number of aromatic nitrogens is 3. The molecule has 0 saturated heterocycles. The highest BCUT2D eigenvalue weighted by molar-refractivity contribution is 5.84. The van der Waals surface area contributed by atoms with Crippen LogP contribution in [0.5, 0.6) is 0 Å². The molecule has 1 aromatic heterocycles. The summed E-state index contributed by atoms with van der Waals surface area (Å²) in [6.45, 7) is 9.35. The van der Waals surface area contributed by atoms with Crippen molar-refractivity contribution in [1.82, 2.24) is 15.0 Å². The lowest BCUT2D eigenvalue weighted by Crippen LogP contribution is -2.58. The van der Waals surface area contributed by atoms with Crippen molar-refractivity contribution in [1.29, 1.82) is 0 Å². The highest BCUT2D eigenvalue weighted by Crippen LogP contribution is 2.68. The number of Topliss-reactive ketones (excluding diaryl/α,β-unsaturated/α-hetero) is 1. The zero-order valence-electron chi connectivity index (χ0n) is 23.8. The SMILES string of the molecule is CC(C)OC[C@]12CC[C@@](C)(O)C[C@H]1CC[C@H]1[C@@H]3CC[C@H](C(=O)Cn4nnc5c(F)c(F)ccc54)[C@@]3(C)CC[C@@H]12. The van der Waals surface area contributed by atoms with Gasteiger partial charge in [-0.3, -0.25) is 4.79 Å². The summed E-state index contributed by atoms with van der Waals surface area (Å²) in [6, 6.07) is 2.51. The first-order chi connectivity index (χ1) is 18.4. The van der Waals surface area contributed by atoms with Crippen LogP contribution < -0.4 is 0 Å². The largest absolute Gasteiger partial charge is 0.390 e. The van der Waals surface area contributed by atoms with E-state index in [1.165, 1.54) is 10.7 Å². The molecule has 0 radical (unpaired) electrons. The summed E-state index contributed by atoms with van der Waals surface area (Å²) in [7, 11) is 0. The van der Waals surface area contributed by atoms with E-state index in [-0.39, 0.29) is 40.7 Å². The normalized spacial score (nSPS) is 39.9. The molecule has 8 heteroatoms. The van der Waals surface area contributed by atoms with Gasteiger partial charge in [-0.1, -0.05) is 12.1 Å². The van der Waals surface area contributed by atoms with Crippen molar-refractivity contribution in [3.8, 4) is 0 Å². The second-order valence-corrected chi connectivity index (χ2v) is 14.1. The van der Waals surface area contributed by atoms with Gasteiger partial charge in [-0.05, 0) is 125 Å². The Morgan fingerprint density at radius 3 is 2.67 bits per heavy atom. The van der Waals surface area contributed by atoms with Crippen molar-refractivity contribution in [3.63, 3.8) is 0 Å². The summed E-state index contributed by atoms with van der Waals surface area (Å²) in [6.07, 6.45) is 9.19. The molecular formula is C31H43F2N3O3. The third-order valence-corrected chi connectivity index (χ3v) is 11.6. The van der Waals surface area contributed by atoms with E-state index < -0.39 is 17.2 Å². The zero-order valence-corrected chi connectivity index (χ0v) is 23.8. The number of ketones is 1. The predicted octanol–water partition coefficient (Wildman–Crippen LogP) is 6.09. The average Bonchev–Trinajstić information content (AvgIpc) is 3.45. The summed E-state index contributed by atoms with van der Waals surface area (Å²) in [4.78, 5) is 13.8. The standard InChI is InChI=1S/C31H43F2N3O3/c1-18(2)39-17-31-14-13-29(3,38)15-19(31)5-6-20-21-7-8-23(30(21,4)12-11-22(20)31)26(37)16-36-25-10-9-24(32)27(33)28(25)34-35-36/h9-10,18-23,38H,5-8,11-17H2,1-4H3/t19-,20+,21+,22+,23-,29-,30+,31-/m1/s1. The van der Waals surface area contributed by atoms with Crippen molar-refractivity contribution in [3.05, 3.63) is 23.8 Å². The Morgan fingerprint density at radius 2 is 1.90 bits per heavy atom. The summed E-state index contributed by atoms with van der Waals surface area (Å²) in [5.41, 5.74) is -0.329. The lowest BCUT2D eigenvalue weighted by atomic mass is 9.43. The Kier molecular flexibility index (Phi) is 6.69. The van der Waals surface area contributed by atoms with Crippen molar-refractivity contribution >= 4 is 16.8 Å². The molecule has 4 fully saturated rings. The van der Waals surface area contributed by atoms with Crippen LogP contribution in [-0.4, -0.2) is 44.2 Å². The van der Waals surface area contributed by atoms with Gasteiger partial charge in [0.2, 0.25) is 0 Å². The van der Waals surface area contributed by atoms with Gasteiger partial charge in [-0.2, -0.15) is 0 Å². The number of rotatable bonds is 6. The Bertz CT molecular complexity index is 1260. The molecule has 0 spiro atoms. The van der Waals surface area contributed by atoms with Crippen LogP contribution in [0.3, 0.4) is 0 Å². The van der Waals surface area contributed by atoms with E-state index in [2.05, 4.69) is 31.1 Å². The molecule has 4 aliphatic rings. The molecule has 0 bridgehead atoms. The first-order valence-corrected chi connectivity index (χ1v) is 15.0. The molecule has 214 valence electrons. The molecule has 0 unspecified atom stereocenters. The molecule has 4 saturated carbocycles. The van der Waals surface area contributed by atoms with Crippen molar-refractivity contribution in [2.45, 2.75) is 104 Å². The number of aliphatic hydroxyl groups is 1. The van der Waals surface area contributed by atoms with Gasteiger partial charge < -0.3 is 9.84 Å². The maximum Gasteiger partial charge on any atom is 0.188 e. The fourth-order valence-corrected chi connectivity index (χ4v) is 9.72. The van der Waals surface area contributed by atoms with Crippen molar-refractivity contribution in [2.75, 3.05) is 6.61 Å². The molecule has 0 amide bonds. The van der Waals surface area contributed by atoms with Crippen LogP contribution >= 0.6 is 0 Å². The second-order valence-electron chi connectivity index (χ2n) is 14.1. The third-order valence-electron chi connectivity index (χ3n) is 11.6. The minimum atomic E-state index is -1.02. The molecule has 1 heterocycles. The first-order valence-electron chi connectivity index (χ1n) is 15.0. The van der Waals surface area contributed by atoms with Crippen LogP contribution in [-0.2, 0) is 16.1 Å². The second kappa shape index (κ2) is 9.57. The Labute approximate surface area is 229 Å². The van der Waals surface area contributed by atoms with Gasteiger partial charge in [-0.15, -0.1) is 5.10 Å². The molecule has 39 heavy (non-hydrogen) atoms. The summed E-state index contributed by atoms with van der Waals surface area (Å²) >= 11 is 0. The Morgan fingerprint density at radius 1 is 1.10 bits per heavy atom. The summed E-state index contributed by atoms with van der Waals surface area (Å²) < 4.78 is 35.6. The number of hydrogen-bond acceptors (Lipinski definition) is 5. The fourth-order valence-electron chi connectivity index (χ4n) is 9.72. The third kappa shape index (κ3) is 4.35. The zero-order chi connectivity index (χ0) is 27.7. The van der Waals surface area contributed by atoms with Crippen LogP contribution in [0.25, 0.3) is 11.0 Å². The number of nitrogens with zero attached hydrogens (tertiary/aromatic N) is 3. The number of hydrogen-bond donors (Lipinski definition) is 1. The maximum atomic E-state index is 14.2. The predicted molar refractivity (Wildman–Crippen MR) is 144 cm³/mol. The number of carbonyl (C=O) groups excluding carboxylic acids is 1. The van der Waals surface area contributed by atoms with Crippen LogP contribution in [0.2, 0.25) is 0 Å². The van der Waals surface area contributed by atoms with E-state index in [0.29, 0.717) is 29.2 Å². The molecule has 8 atom stereocenters. The van der Waals surface area contributed by atoms with Gasteiger partial charge in [0.1, 0.15) is 6.54 Å². The highest BCUT2D eigenvalue weighted by Gasteiger charge is 2.63. The van der Waals surface area contributed by atoms with E-state index in [4.69, 9.17) is 4.74 Å². The van der Waals surface area contributed by atoms with E-state index in [0.717, 1.165) is 70.5 Å². The van der Waals surface area contributed by atoms with Gasteiger partial charge in [0.05, 0.1) is 23.8 Å². The average molecular weight is 544 g/mol. The molecule has 2 aromatic rings. The van der Waals surface area contributed by atoms with Crippen molar-refractivity contribution in [2.24, 2.45) is 40.4 Å². The Balaban J connectivity index is 1.24. The van der Waals surface area contributed by atoms with Crippen LogP contribution in [0.4, 0.5) is 8.78 Å². The number of halogens is 2. The number of benzene rings is 1. The monoisotopic (exact) mass is 543 g/mol. The molecule has 1 aromatic carbocycles. The van der Waals surface area contributed by atoms with Crippen LogP contribution in [0, 0.1) is 52.1 Å². The van der Waals surface area contributed by atoms with Gasteiger partial charge in [0.25, 0.3) is 0 Å². The topological polar surface area (TPSA) is 77.2 Å². The van der Waals surface area contributed by atoms with Gasteiger partial charge in [0.15, 0.2) is 22.9 Å². The van der Waals surface area contributed by atoms with E-state index in [9.17, 15) is 18.7 Å². The quantitative estimate of drug-likeness (QED) is 0.477. The number of carbonyl (C=O) groups is 1. The van der Waals surface area contributed by atoms with Crippen LogP contribution in [0.1, 0.15) is 85.5 Å². The minimum absolute atomic E-state index is 0.0337. The highest BCUT2D eigenvalue weighted by atomic mass is 19.2. The summed E-state index contributed by atoms with van der Waals surface area (Å²) in [5, 5.41) is 18.8.